The molecular weight excluding hydrogens is 440 g/mol. The third-order valence-electron chi connectivity index (χ3n) is 5.71. The molecule has 0 amide bonds. The van der Waals surface area contributed by atoms with Crippen molar-refractivity contribution in [1.29, 1.82) is 0 Å². The summed E-state index contributed by atoms with van der Waals surface area (Å²) < 4.78 is 1.43. The van der Waals surface area contributed by atoms with Gasteiger partial charge in [-0.15, -0.1) is 11.3 Å². The first kappa shape index (κ1) is 22.8. The fourth-order valence-electron chi connectivity index (χ4n) is 3.80. The Labute approximate surface area is 195 Å². The van der Waals surface area contributed by atoms with Gasteiger partial charge in [-0.1, -0.05) is 13.8 Å². The summed E-state index contributed by atoms with van der Waals surface area (Å²) in [4.78, 5) is 47.3. The number of nitrogens with zero attached hydrogens (tertiary/aromatic N) is 4. The van der Waals surface area contributed by atoms with Gasteiger partial charge in [0.2, 0.25) is 0 Å². The molecule has 172 valence electrons. The van der Waals surface area contributed by atoms with Gasteiger partial charge >= 0.3 is 5.97 Å². The van der Waals surface area contributed by atoms with Crippen LogP contribution in [-0.2, 0) is 22.4 Å². The molecule has 0 unspecified atom stereocenters. The highest BCUT2D eigenvalue weighted by Gasteiger charge is 2.22. The van der Waals surface area contributed by atoms with Crippen LogP contribution in [0.1, 0.15) is 54.4 Å². The van der Waals surface area contributed by atoms with Crippen molar-refractivity contribution in [2.24, 2.45) is 0 Å². The van der Waals surface area contributed by atoms with Crippen LogP contribution in [0.4, 0.5) is 5.82 Å². The zero-order valence-electron chi connectivity index (χ0n) is 18.7. The summed E-state index contributed by atoms with van der Waals surface area (Å²) in [7, 11) is 0. The van der Waals surface area contributed by atoms with E-state index in [4.69, 9.17) is 10.1 Å². The first-order valence-corrected chi connectivity index (χ1v) is 11.9. The maximum absolute atomic E-state index is 13.2. The number of hydrogen-bond donors (Lipinski definition) is 1. The minimum absolute atomic E-state index is 0.177. The topological polar surface area (TPSA) is 105 Å². The number of hydrogen-bond acceptors (Lipinski definition) is 7. The molecule has 33 heavy (non-hydrogen) atoms. The molecule has 8 nitrogen and oxygen atoms in total. The molecule has 3 aromatic rings. The van der Waals surface area contributed by atoms with Gasteiger partial charge in [0, 0.05) is 50.0 Å². The lowest BCUT2D eigenvalue weighted by Gasteiger charge is -2.28. The lowest BCUT2D eigenvalue weighted by molar-refractivity contribution is -0.131. The molecular formula is C24H26N4O4S. The Kier molecular flexibility index (Phi) is 6.69. The maximum Gasteiger partial charge on any atom is 0.328 e. The van der Waals surface area contributed by atoms with Crippen molar-refractivity contribution in [2.75, 3.05) is 18.0 Å². The van der Waals surface area contributed by atoms with Crippen molar-refractivity contribution in [2.45, 2.75) is 45.4 Å². The van der Waals surface area contributed by atoms with Crippen LogP contribution in [-0.4, -0.2) is 44.3 Å². The summed E-state index contributed by atoms with van der Waals surface area (Å²) >= 11 is 1.66. The molecule has 0 radical (unpaired) electrons. The quantitative estimate of drug-likeness (QED) is 0.533. The fraction of sp³-hybridized carbons (Fsp3) is 0.375. The normalized spacial score (nSPS) is 14.6. The lowest BCUT2D eigenvalue weighted by atomic mass is 10.1. The Hall–Kier alpha value is -3.33. The summed E-state index contributed by atoms with van der Waals surface area (Å²) in [5.41, 5.74) is 2.52. The molecule has 1 N–H and O–H groups in total. The number of fused-ring (bicyclic) bond motifs is 1. The van der Waals surface area contributed by atoms with E-state index in [9.17, 15) is 14.4 Å². The predicted octanol–water partition coefficient (Wildman–Crippen LogP) is 3.33. The molecule has 0 saturated carbocycles. The van der Waals surface area contributed by atoms with Gasteiger partial charge in [0.25, 0.3) is 5.56 Å². The molecule has 1 aliphatic rings. The summed E-state index contributed by atoms with van der Waals surface area (Å²) in [6, 6.07) is 3.78. The van der Waals surface area contributed by atoms with Gasteiger partial charge in [-0.3, -0.25) is 14.0 Å². The SMILES string of the molecule is CC(C)c1csc(CCc2ccn3c(=O)c(/C=C/C(=O)O)c(N4CCC(=O)CC4)nc3c2)n1. The lowest BCUT2D eigenvalue weighted by Crippen LogP contribution is -2.36. The fourth-order valence-corrected chi connectivity index (χ4v) is 4.76. The van der Waals surface area contributed by atoms with Gasteiger partial charge in [0.05, 0.1) is 16.3 Å². The van der Waals surface area contributed by atoms with Crippen molar-refractivity contribution in [3.05, 3.63) is 62.0 Å². The van der Waals surface area contributed by atoms with Crippen molar-refractivity contribution in [1.82, 2.24) is 14.4 Å². The van der Waals surface area contributed by atoms with Crippen LogP contribution in [0.15, 0.2) is 34.6 Å². The molecule has 0 bridgehead atoms. The molecule has 3 aromatic heterocycles. The molecule has 9 heteroatoms. The number of anilines is 1. The van der Waals surface area contributed by atoms with E-state index in [1.807, 2.05) is 17.0 Å². The molecule has 0 aliphatic carbocycles. The number of thiazole rings is 1. The molecule has 1 fully saturated rings. The summed E-state index contributed by atoms with van der Waals surface area (Å²) in [6.07, 6.45) is 6.26. The van der Waals surface area contributed by atoms with Crippen LogP contribution in [0.3, 0.4) is 0 Å². The van der Waals surface area contributed by atoms with Gasteiger partial charge in [-0.05, 0) is 36.1 Å². The van der Waals surface area contributed by atoms with Crippen LogP contribution in [0.5, 0.6) is 0 Å². The number of aromatic nitrogens is 3. The Morgan fingerprint density at radius 3 is 2.64 bits per heavy atom. The highest BCUT2D eigenvalue weighted by Crippen LogP contribution is 2.23. The third-order valence-corrected chi connectivity index (χ3v) is 6.64. The predicted molar refractivity (Wildman–Crippen MR) is 128 cm³/mol. The smallest absolute Gasteiger partial charge is 0.328 e. The Morgan fingerprint density at radius 1 is 1.21 bits per heavy atom. The van der Waals surface area contributed by atoms with E-state index in [1.54, 1.807) is 17.5 Å². The molecule has 4 heterocycles. The third kappa shape index (κ3) is 5.19. The van der Waals surface area contributed by atoms with Crippen molar-refractivity contribution < 1.29 is 14.7 Å². The molecule has 0 aromatic carbocycles. The number of carbonyl (C=O) groups excluding carboxylic acids is 1. The molecule has 4 rings (SSSR count). The highest BCUT2D eigenvalue weighted by molar-refractivity contribution is 7.09. The summed E-state index contributed by atoms with van der Waals surface area (Å²) in [6.45, 7) is 5.16. The van der Waals surface area contributed by atoms with Crippen LogP contribution in [0, 0.1) is 0 Å². The van der Waals surface area contributed by atoms with Crippen molar-refractivity contribution in [3.63, 3.8) is 0 Å². The number of aliphatic carboxylic acids is 1. The van der Waals surface area contributed by atoms with E-state index in [-0.39, 0.29) is 16.9 Å². The zero-order valence-corrected chi connectivity index (χ0v) is 19.5. The van der Waals surface area contributed by atoms with E-state index in [2.05, 4.69) is 24.2 Å². The number of piperidine rings is 1. The second-order valence-electron chi connectivity index (χ2n) is 8.44. The molecule has 1 aliphatic heterocycles. The van der Waals surface area contributed by atoms with E-state index >= 15 is 0 Å². The van der Waals surface area contributed by atoms with Gasteiger partial charge in [-0.25, -0.2) is 14.8 Å². The van der Waals surface area contributed by atoms with Gasteiger partial charge < -0.3 is 10.0 Å². The van der Waals surface area contributed by atoms with Crippen LogP contribution < -0.4 is 10.5 Å². The van der Waals surface area contributed by atoms with Crippen LogP contribution >= 0.6 is 11.3 Å². The highest BCUT2D eigenvalue weighted by atomic mass is 32.1. The second kappa shape index (κ2) is 9.66. The molecule has 0 spiro atoms. The largest absolute Gasteiger partial charge is 0.478 e. The first-order chi connectivity index (χ1) is 15.8. The standard InChI is InChI=1S/C24H26N4O4S/c1-15(2)19-14-33-21(25-19)5-3-16-7-12-28-20(13-16)26-23(27-10-8-17(29)9-11-27)18(24(28)32)4-6-22(30)31/h4,6-7,12-15H,3,5,8-11H2,1-2H3,(H,30,31)/b6-4+. The average molecular weight is 467 g/mol. The second-order valence-corrected chi connectivity index (χ2v) is 9.38. The Morgan fingerprint density at radius 2 is 1.97 bits per heavy atom. The van der Waals surface area contributed by atoms with E-state index in [1.165, 1.54) is 10.5 Å². The number of ketones is 1. The number of carboxylic acids is 1. The Balaban J connectivity index is 1.68. The van der Waals surface area contributed by atoms with Crippen molar-refractivity contribution in [3.8, 4) is 0 Å². The van der Waals surface area contributed by atoms with E-state index < -0.39 is 5.97 Å². The van der Waals surface area contributed by atoms with E-state index in [0.717, 1.165) is 35.2 Å². The average Bonchev–Trinajstić information content (AvgIpc) is 3.27. The maximum atomic E-state index is 13.2. The molecule has 1 saturated heterocycles. The number of carbonyl (C=O) groups is 2. The zero-order chi connectivity index (χ0) is 23.5. The number of Topliss-reactive ketones (excluding diaryl/α,β-unsaturated/α-hetero) is 1. The van der Waals surface area contributed by atoms with Gasteiger partial charge in [-0.2, -0.15) is 0 Å². The van der Waals surface area contributed by atoms with Gasteiger partial charge in [0.1, 0.15) is 17.2 Å². The summed E-state index contributed by atoms with van der Waals surface area (Å²) in [5.74, 6) is -0.141. The van der Waals surface area contributed by atoms with Crippen molar-refractivity contribution >= 4 is 40.6 Å². The number of rotatable bonds is 7. The first-order valence-electron chi connectivity index (χ1n) is 11.0. The number of pyridine rings is 1. The Bertz CT molecular complexity index is 1280. The molecule has 0 atom stereocenters. The van der Waals surface area contributed by atoms with Crippen LogP contribution in [0.2, 0.25) is 0 Å². The number of aryl methyl sites for hydroxylation is 2. The summed E-state index contributed by atoms with van der Waals surface area (Å²) in [5, 5.41) is 12.2. The van der Waals surface area contributed by atoms with Gasteiger partial charge in [0.15, 0.2) is 0 Å². The number of carboxylic acid groups (broad SMARTS) is 1. The monoisotopic (exact) mass is 466 g/mol. The minimum atomic E-state index is -1.14. The van der Waals surface area contributed by atoms with E-state index in [0.29, 0.717) is 43.3 Å². The minimum Gasteiger partial charge on any atom is -0.478 e. The van der Waals surface area contributed by atoms with Crippen LogP contribution in [0.25, 0.3) is 11.7 Å².